The first kappa shape index (κ1) is 12.3. The second kappa shape index (κ2) is 4.25. The van der Waals surface area contributed by atoms with Crippen molar-refractivity contribution in [3.05, 3.63) is 33.8 Å². The molecule has 0 aromatic carbocycles. The maximum atomic E-state index is 6.18. The SMILES string of the molecule is Cc1c(Cl)nn2c(-c3cc4sccc4s3)nnc2c1C. The van der Waals surface area contributed by atoms with E-state index in [4.69, 9.17) is 11.6 Å². The molecular weight excluding hydrogens is 312 g/mol. The Morgan fingerprint density at radius 1 is 1.15 bits per heavy atom. The number of aromatic nitrogens is 4. The third-order valence-corrected chi connectivity index (χ3v) is 5.84. The quantitative estimate of drug-likeness (QED) is 0.524. The van der Waals surface area contributed by atoms with Crippen molar-refractivity contribution in [2.24, 2.45) is 0 Å². The van der Waals surface area contributed by atoms with E-state index < -0.39 is 0 Å². The predicted molar refractivity (Wildman–Crippen MR) is 84.0 cm³/mol. The van der Waals surface area contributed by atoms with E-state index in [1.807, 2.05) is 13.8 Å². The largest absolute Gasteiger partial charge is 0.195 e. The van der Waals surface area contributed by atoms with Crippen molar-refractivity contribution in [3.63, 3.8) is 0 Å². The fourth-order valence-corrected chi connectivity index (χ4v) is 4.42. The molecule has 4 rings (SSSR count). The summed E-state index contributed by atoms with van der Waals surface area (Å²) in [4.78, 5) is 1.06. The maximum absolute atomic E-state index is 6.18. The lowest BCUT2D eigenvalue weighted by atomic mass is 10.2. The van der Waals surface area contributed by atoms with E-state index in [0.717, 1.165) is 27.5 Å². The van der Waals surface area contributed by atoms with Crippen LogP contribution in [0.3, 0.4) is 0 Å². The summed E-state index contributed by atoms with van der Waals surface area (Å²) in [6.45, 7) is 3.93. The third-order valence-electron chi connectivity index (χ3n) is 3.40. The van der Waals surface area contributed by atoms with Crippen molar-refractivity contribution in [3.8, 4) is 10.7 Å². The summed E-state index contributed by atoms with van der Waals surface area (Å²) in [5.41, 5.74) is 2.73. The lowest BCUT2D eigenvalue weighted by Gasteiger charge is -2.04. The van der Waals surface area contributed by atoms with Crippen LogP contribution in [0.25, 0.3) is 25.7 Å². The highest BCUT2D eigenvalue weighted by atomic mass is 35.5. The van der Waals surface area contributed by atoms with Crippen molar-refractivity contribution in [1.29, 1.82) is 0 Å². The van der Waals surface area contributed by atoms with Gasteiger partial charge in [-0.3, -0.25) is 0 Å². The summed E-state index contributed by atoms with van der Waals surface area (Å²) in [6.07, 6.45) is 0. The number of hydrogen-bond donors (Lipinski definition) is 0. The Hall–Kier alpha value is -1.50. The molecule has 0 aliphatic carbocycles. The number of thiophene rings is 2. The van der Waals surface area contributed by atoms with Crippen LogP contribution in [0.5, 0.6) is 0 Å². The lowest BCUT2D eigenvalue weighted by Crippen LogP contribution is -1.99. The van der Waals surface area contributed by atoms with Crippen LogP contribution in [0, 0.1) is 13.8 Å². The summed E-state index contributed by atoms with van der Waals surface area (Å²) in [5.74, 6) is 0.749. The van der Waals surface area contributed by atoms with Crippen molar-refractivity contribution < 1.29 is 0 Å². The van der Waals surface area contributed by atoms with Crippen LogP contribution < -0.4 is 0 Å². The van der Waals surface area contributed by atoms with E-state index >= 15 is 0 Å². The Kier molecular flexibility index (Phi) is 2.60. The van der Waals surface area contributed by atoms with Crippen LogP contribution in [0.1, 0.15) is 11.1 Å². The standard InChI is InChI=1S/C13H9ClN4S2/c1-6-7(2)12-15-16-13(18(12)17-11(6)14)10-5-9-8(20-10)3-4-19-9/h3-5H,1-2H3. The molecule has 4 aromatic rings. The van der Waals surface area contributed by atoms with Crippen molar-refractivity contribution >= 4 is 49.3 Å². The summed E-state index contributed by atoms with van der Waals surface area (Å²) >= 11 is 9.61. The van der Waals surface area contributed by atoms with E-state index in [0.29, 0.717) is 5.15 Å². The molecule has 4 nitrogen and oxygen atoms in total. The fourth-order valence-electron chi connectivity index (χ4n) is 2.12. The van der Waals surface area contributed by atoms with E-state index in [9.17, 15) is 0 Å². The van der Waals surface area contributed by atoms with Crippen LogP contribution in [0.2, 0.25) is 5.15 Å². The average Bonchev–Trinajstić information content (AvgIpc) is 3.08. The minimum absolute atomic E-state index is 0.495. The molecule has 20 heavy (non-hydrogen) atoms. The molecule has 0 saturated heterocycles. The second-order valence-corrected chi connectivity index (χ2v) is 6.95. The van der Waals surface area contributed by atoms with Gasteiger partial charge in [-0.2, -0.15) is 9.61 Å². The van der Waals surface area contributed by atoms with Crippen molar-refractivity contribution in [2.75, 3.05) is 0 Å². The molecule has 0 aliphatic rings. The Balaban J connectivity index is 2.03. The molecule has 0 atom stereocenters. The molecule has 0 amide bonds. The predicted octanol–water partition coefficient (Wildman–Crippen LogP) is 4.34. The van der Waals surface area contributed by atoms with Gasteiger partial charge in [-0.25, -0.2) is 0 Å². The lowest BCUT2D eigenvalue weighted by molar-refractivity contribution is 0.921. The fraction of sp³-hybridized carbons (Fsp3) is 0.154. The molecule has 0 aliphatic heterocycles. The molecule has 0 bridgehead atoms. The monoisotopic (exact) mass is 320 g/mol. The topological polar surface area (TPSA) is 43.1 Å². The first-order valence-corrected chi connectivity index (χ1v) is 8.08. The molecule has 4 heterocycles. The van der Waals surface area contributed by atoms with Gasteiger partial charge >= 0.3 is 0 Å². The molecule has 0 fully saturated rings. The molecule has 0 saturated carbocycles. The van der Waals surface area contributed by atoms with Crippen molar-refractivity contribution in [1.82, 2.24) is 19.8 Å². The van der Waals surface area contributed by atoms with Gasteiger partial charge < -0.3 is 0 Å². The zero-order valence-corrected chi connectivity index (χ0v) is 13.1. The zero-order valence-electron chi connectivity index (χ0n) is 10.7. The highest BCUT2D eigenvalue weighted by Gasteiger charge is 2.16. The minimum Gasteiger partial charge on any atom is -0.190 e. The van der Waals surface area contributed by atoms with Gasteiger partial charge in [0.15, 0.2) is 16.6 Å². The Labute approximate surface area is 127 Å². The molecule has 0 N–H and O–H groups in total. The number of fused-ring (bicyclic) bond motifs is 2. The van der Waals surface area contributed by atoms with Crippen LogP contribution >= 0.6 is 34.3 Å². The van der Waals surface area contributed by atoms with Gasteiger partial charge in [0.05, 0.1) is 4.88 Å². The zero-order chi connectivity index (χ0) is 13.9. The summed E-state index contributed by atoms with van der Waals surface area (Å²) in [6, 6.07) is 4.25. The maximum Gasteiger partial charge on any atom is 0.195 e. The molecular formula is C13H9ClN4S2. The number of nitrogens with zero attached hydrogens (tertiary/aromatic N) is 4. The summed E-state index contributed by atoms with van der Waals surface area (Å²) in [5, 5.41) is 15.5. The van der Waals surface area contributed by atoms with Gasteiger partial charge in [-0.15, -0.1) is 32.9 Å². The van der Waals surface area contributed by atoms with E-state index in [1.54, 1.807) is 27.2 Å². The number of halogens is 1. The van der Waals surface area contributed by atoms with E-state index in [1.165, 1.54) is 9.40 Å². The van der Waals surface area contributed by atoms with Gasteiger partial charge in [0, 0.05) is 15.0 Å². The van der Waals surface area contributed by atoms with Gasteiger partial charge in [-0.05, 0) is 36.9 Å². The Morgan fingerprint density at radius 2 is 2.00 bits per heavy atom. The average molecular weight is 321 g/mol. The highest BCUT2D eigenvalue weighted by molar-refractivity contribution is 7.28. The molecule has 0 unspecified atom stereocenters. The second-order valence-electron chi connectivity index (χ2n) is 4.56. The third kappa shape index (κ3) is 1.62. The number of aryl methyl sites for hydroxylation is 1. The van der Waals surface area contributed by atoms with Gasteiger partial charge in [-0.1, -0.05) is 11.6 Å². The van der Waals surface area contributed by atoms with Crippen molar-refractivity contribution in [2.45, 2.75) is 13.8 Å². The highest BCUT2D eigenvalue weighted by Crippen LogP contribution is 2.36. The smallest absolute Gasteiger partial charge is 0.190 e. The summed E-state index contributed by atoms with van der Waals surface area (Å²) < 4.78 is 4.26. The van der Waals surface area contributed by atoms with E-state index in [2.05, 4.69) is 32.8 Å². The Bertz CT molecular complexity index is 922. The molecule has 0 spiro atoms. The van der Waals surface area contributed by atoms with Crippen LogP contribution in [0.4, 0.5) is 0 Å². The first-order chi connectivity index (χ1) is 9.65. The van der Waals surface area contributed by atoms with Crippen LogP contribution in [-0.4, -0.2) is 19.8 Å². The molecule has 7 heteroatoms. The Morgan fingerprint density at radius 3 is 2.80 bits per heavy atom. The van der Waals surface area contributed by atoms with Gasteiger partial charge in [0.25, 0.3) is 0 Å². The first-order valence-electron chi connectivity index (χ1n) is 6.00. The molecule has 0 radical (unpaired) electrons. The van der Waals surface area contributed by atoms with Crippen LogP contribution in [-0.2, 0) is 0 Å². The summed E-state index contributed by atoms with van der Waals surface area (Å²) in [7, 11) is 0. The van der Waals surface area contributed by atoms with E-state index in [-0.39, 0.29) is 0 Å². The van der Waals surface area contributed by atoms with Gasteiger partial charge in [0.1, 0.15) is 0 Å². The molecule has 4 aromatic heterocycles. The van der Waals surface area contributed by atoms with Crippen LogP contribution in [0.15, 0.2) is 17.5 Å². The minimum atomic E-state index is 0.495. The number of hydrogen-bond acceptors (Lipinski definition) is 5. The molecule has 100 valence electrons. The van der Waals surface area contributed by atoms with Gasteiger partial charge in [0.2, 0.25) is 0 Å². The number of rotatable bonds is 1. The normalized spacial score (nSPS) is 11.8.